The van der Waals surface area contributed by atoms with Gasteiger partial charge < -0.3 is 4.57 Å². The lowest BCUT2D eigenvalue weighted by Crippen LogP contribution is -2.17. The van der Waals surface area contributed by atoms with E-state index in [2.05, 4.69) is 54.4 Å². The normalized spacial score (nSPS) is 10.6. The van der Waals surface area contributed by atoms with Crippen LogP contribution >= 0.6 is 31.9 Å². The van der Waals surface area contributed by atoms with E-state index >= 15 is 0 Å². The molecule has 0 bridgehead atoms. The molecule has 0 aliphatic carbocycles. The number of halogens is 2. The third-order valence-corrected chi connectivity index (χ3v) is 4.54. The summed E-state index contributed by atoms with van der Waals surface area (Å²) in [6.45, 7) is 2.91. The van der Waals surface area contributed by atoms with Gasteiger partial charge in [-0.15, -0.1) is 0 Å². The molecule has 0 atom stereocenters. The van der Waals surface area contributed by atoms with Crippen molar-refractivity contribution in [2.24, 2.45) is 0 Å². The Morgan fingerprint density at radius 2 is 2.25 bits per heavy atom. The Balaban J connectivity index is 2.97. The minimum atomic E-state index is 0.583. The molecule has 1 heterocycles. The smallest absolute Gasteiger partial charge is 0.186 e. The summed E-state index contributed by atoms with van der Waals surface area (Å²) in [6.07, 6.45) is 0. The Morgan fingerprint density at radius 1 is 1.56 bits per heavy atom. The van der Waals surface area contributed by atoms with E-state index in [9.17, 15) is 0 Å². The lowest BCUT2D eigenvalue weighted by Gasteiger charge is -2.04. The first-order valence-corrected chi connectivity index (χ1v) is 6.43. The van der Waals surface area contributed by atoms with Gasteiger partial charge in [-0.05, 0) is 44.8 Å². The van der Waals surface area contributed by atoms with Crippen LogP contribution in [0.2, 0.25) is 0 Å². The molecule has 0 aliphatic rings. The van der Waals surface area contributed by atoms with Crippen molar-refractivity contribution in [3.63, 3.8) is 0 Å². The standard InChI is InChI=1S/C10H8BBr2N3/c1-2-16-7-3-6(12)8(13)5(4-14)9(7)15-10(16)11/h3H,2,11H2,1H3. The Kier molecular flexibility index (Phi) is 3.09. The van der Waals surface area contributed by atoms with Crippen LogP contribution in [0, 0.1) is 11.3 Å². The van der Waals surface area contributed by atoms with E-state index in [-0.39, 0.29) is 0 Å². The van der Waals surface area contributed by atoms with Gasteiger partial charge in [0.25, 0.3) is 0 Å². The lowest BCUT2D eigenvalue weighted by molar-refractivity contribution is 0.812. The van der Waals surface area contributed by atoms with Crippen molar-refractivity contribution < 1.29 is 0 Å². The van der Waals surface area contributed by atoms with Crippen molar-refractivity contribution >= 4 is 56.5 Å². The molecule has 2 rings (SSSR count). The van der Waals surface area contributed by atoms with Crippen molar-refractivity contribution in [1.29, 1.82) is 5.26 Å². The number of fused-ring (bicyclic) bond motifs is 1. The molecular weight excluding hydrogens is 333 g/mol. The number of nitriles is 1. The Morgan fingerprint density at radius 3 is 2.81 bits per heavy atom. The van der Waals surface area contributed by atoms with Gasteiger partial charge in [0.05, 0.1) is 21.3 Å². The summed E-state index contributed by atoms with van der Waals surface area (Å²) in [6, 6.07) is 4.18. The first-order chi connectivity index (χ1) is 7.60. The summed E-state index contributed by atoms with van der Waals surface area (Å²) < 4.78 is 3.74. The summed E-state index contributed by atoms with van der Waals surface area (Å²) in [4.78, 5) is 4.45. The SMILES string of the molecule is Bc1nc2c(C#N)c(Br)c(Br)cc2n1CC. The molecule has 0 N–H and O–H groups in total. The molecule has 6 heteroatoms. The van der Waals surface area contributed by atoms with Gasteiger partial charge in [-0.1, -0.05) is 0 Å². The van der Waals surface area contributed by atoms with Crippen molar-refractivity contribution in [2.45, 2.75) is 13.5 Å². The number of nitrogens with zero attached hydrogens (tertiary/aromatic N) is 3. The molecule has 80 valence electrons. The van der Waals surface area contributed by atoms with E-state index in [1.807, 2.05) is 13.9 Å². The number of benzene rings is 1. The van der Waals surface area contributed by atoms with E-state index in [1.165, 1.54) is 0 Å². The highest BCUT2D eigenvalue weighted by Gasteiger charge is 2.15. The second kappa shape index (κ2) is 4.23. The first-order valence-electron chi connectivity index (χ1n) is 4.85. The summed E-state index contributed by atoms with van der Waals surface area (Å²) in [7, 11) is 1.95. The minimum absolute atomic E-state index is 0.583. The highest BCUT2D eigenvalue weighted by molar-refractivity contribution is 9.13. The zero-order valence-electron chi connectivity index (χ0n) is 8.88. The van der Waals surface area contributed by atoms with Crippen LogP contribution in [0.15, 0.2) is 15.0 Å². The maximum absolute atomic E-state index is 9.16. The van der Waals surface area contributed by atoms with Crippen LogP contribution in [-0.2, 0) is 6.54 Å². The Labute approximate surface area is 111 Å². The lowest BCUT2D eigenvalue weighted by atomic mass is 10.1. The molecule has 3 nitrogen and oxygen atoms in total. The van der Waals surface area contributed by atoms with Crippen LogP contribution in [0.5, 0.6) is 0 Å². The van der Waals surface area contributed by atoms with E-state index in [0.717, 1.165) is 32.2 Å². The molecule has 0 saturated heterocycles. The number of aromatic nitrogens is 2. The first kappa shape index (κ1) is 11.7. The predicted molar refractivity (Wildman–Crippen MR) is 73.7 cm³/mol. The predicted octanol–water partition coefficient (Wildman–Crippen LogP) is 1.71. The van der Waals surface area contributed by atoms with Crippen LogP contribution in [0.3, 0.4) is 0 Å². The van der Waals surface area contributed by atoms with Crippen molar-refractivity contribution in [1.82, 2.24) is 9.55 Å². The van der Waals surface area contributed by atoms with Gasteiger partial charge in [-0.25, -0.2) is 4.98 Å². The largest absolute Gasteiger partial charge is 0.337 e. The summed E-state index contributed by atoms with van der Waals surface area (Å²) in [5.74, 6) is 0. The third-order valence-electron chi connectivity index (χ3n) is 2.56. The van der Waals surface area contributed by atoms with Gasteiger partial charge in [-0.2, -0.15) is 5.26 Å². The van der Waals surface area contributed by atoms with Crippen LogP contribution in [-0.4, -0.2) is 17.4 Å². The number of hydrogen-bond acceptors (Lipinski definition) is 2. The van der Waals surface area contributed by atoms with Gasteiger partial charge in [0.15, 0.2) is 7.85 Å². The maximum atomic E-state index is 9.16. The average Bonchev–Trinajstić information content (AvgIpc) is 2.55. The number of rotatable bonds is 1. The van der Waals surface area contributed by atoms with Gasteiger partial charge in [0, 0.05) is 11.0 Å². The molecule has 0 saturated carbocycles. The average molecular weight is 341 g/mol. The molecule has 16 heavy (non-hydrogen) atoms. The molecule has 1 aromatic heterocycles. The summed E-state index contributed by atoms with van der Waals surface area (Å²) >= 11 is 6.84. The molecular formula is C10H8BBr2N3. The molecule has 0 spiro atoms. The van der Waals surface area contributed by atoms with Gasteiger partial charge in [-0.3, -0.25) is 0 Å². The second-order valence-corrected chi connectivity index (χ2v) is 5.08. The van der Waals surface area contributed by atoms with E-state index in [4.69, 9.17) is 5.26 Å². The molecule has 0 radical (unpaired) electrons. The fourth-order valence-corrected chi connectivity index (χ4v) is 2.63. The van der Waals surface area contributed by atoms with E-state index < -0.39 is 0 Å². The minimum Gasteiger partial charge on any atom is -0.337 e. The molecule has 0 amide bonds. The Hall–Kier alpha value is -0.795. The van der Waals surface area contributed by atoms with Crippen LogP contribution in [0.25, 0.3) is 11.0 Å². The second-order valence-electron chi connectivity index (χ2n) is 3.43. The number of aryl methyl sites for hydroxylation is 1. The highest BCUT2D eigenvalue weighted by Crippen LogP contribution is 2.32. The molecule has 2 aromatic rings. The highest BCUT2D eigenvalue weighted by atomic mass is 79.9. The maximum Gasteiger partial charge on any atom is 0.186 e. The molecule has 1 aromatic carbocycles. The van der Waals surface area contributed by atoms with Gasteiger partial charge >= 0.3 is 0 Å². The van der Waals surface area contributed by atoms with Gasteiger partial charge in [0.2, 0.25) is 0 Å². The zero-order valence-corrected chi connectivity index (χ0v) is 12.1. The van der Waals surface area contributed by atoms with Crippen molar-refractivity contribution in [2.75, 3.05) is 0 Å². The quantitative estimate of drug-likeness (QED) is 0.742. The molecule has 0 aliphatic heterocycles. The number of imidazole rings is 1. The monoisotopic (exact) mass is 339 g/mol. The Bertz CT molecular complexity index is 613. The molecule has 0 fully saturated rings. The fourth-order valence-electron chi connectivity index (χ4n) is 1.82. The third kappa shape index (κ3) is 1.59. The van der Waals surface area contributed by atoms with E-state index in [1.54, 1.807) is 0 Å². The topological polar surface area (TPSA) is 41.6 Å². The van der Waals surface area contributed by atoms with Crippen LogP contribution in [0.4, 0.5) is 0 Å². The van der Waals surface area contributed by atoms with Crippen LogP contribution < -0.4 is 5.72 Å². The van der Waals surface area contributed by atoms with Gasteiger partial charge in [0.1, 0.15) is 11.6 Å². The fraction of sp³-hybridized carbons (Fsp3) is 0.200. The summed E-state index contributed by atoms with van der Waals surface area (Å²) in [5.41, 5.74) is 3.27. The van der Waals surface area contributed by atoms with Crippen LogP contribution in [0.1, 0.15) is 12.5 Å². The summed E-state index contributed by atoms with van der Waals surface area (Å²) in [5, 5.41) is 9.16. The zero-order chi connectivity index (χ0) is 11.9. The van der Waals surface area contributed by atoms with Crippen molar-refractivity contribution in [3.8, 4) is 6.07 Å². The van der Waals surface area contributed by atoms with Crippen molar-refractivity contribution in [3.05, 3.63) is 20.6 Å². The number of hydrogen-bond donors (Lipinski definition) is 0. The molecule has 0 unspecified atom stereocenters. The van der Waals surface area contributed by atoms with E-state index in [0.29, 0.717) is 5.56 Å².